The van der Waals surface area contributed by atoms with Crippen LogP contribution in [-0.2, 0) is 6.54 Å². The second kappa shape index (κ2) is 5.28. The largest absolute Gasteiger partial charge is 0.466 e. The quantitative estimate of drug-likeness (QED) is 0.889. The maximum atomic E-state index is 12.2. The molecule has 0 aliphatic rings. The molecule has 0 bridgehead atoms. The van der Waals surface area contributed by atoms with Crippen LogP contribution in [0.3, 0.4) is 0 Å². The molecule has 0 aliphatic heterocycles. The fourth-order valence-corrected chi connectivity index (χ4v) is 2.05. The van der Waals surface area contributed by atoms with Crippen molar-refractivity contribution < 1.29 is 9.21 Å². The fourth-order valence-electron chi connectivity index (χ4n) is 2.05. The van der Waals surface area contributed by atoms with E-state index in [1.165, 1.54) is 0 Å². The van der Waals surface area contributed by atoms with Crippen LogP contribution >= 0.6 is 0 Å². The van der Waals surface area contributed by atoms with Gasteiger partial charge in [-0.1, -0.05) is 12.1 Å². The number of furan rings is 1. The van der Waals surface area contributed by atoms with Gasteiger partial charge in [0.05, 0.1) is 5.56 Å². The maximum absolute atomic E-state index is 12.2. The molecule has 0 spiro atoms. The summed E-state index contributed by atoms with van der Waals surface area (Å²) in [6, 6.07) is 7.49. The molecular formula is C15H18N2O2. The molecule has 0 atom stereocenters. The second-order valence-electron chi connectivity index (χ2n) is 4.57. The lowest BCUT2D eigenvalue weighted by atomic mass is 10.1. The summed E-state index contributed by atoms with van der Waals surface area (Å²) in [6.45, 7) is 6.03. The van der Waals surface area contributed by atoms with E-state index in [0.717, 1.165) is 22.6 Å². The molecule has 2 rings (SSSR count). The Labute approximate surface area is 112 Å². The first-order chi connectivity index (χ1) is 9.02. The van der Waals surface area contributed by atoms with Crippen LogP contribution in [0, 0.1) is 20.8 Å². The summed E-state index contributed by atoms with van der Waals surface area (Å²) in [5, 5.41) is 2.86. The molecule has 4 heteroatoms. The summed E-state index contributed by atoms with van der Waals surface area (Å²) in [5.74, 6) is 1.28. The van der Waals surface area contributed by atoms with Crippen molar-refractivity contribution in [1.29, 1.82) is 0 Å². The molecule has 19 heavy (non-hydrogen) atoms. The van der Waals surface area contributed by atoms with Crippen LogP contribution in [0.15, 0.2) is 28.7 Å². The van der Waals surface area contributed by atoms with Crippen LogP contribution in [0.1, 0.15) is 33.0 Å². The molecule has 0 radical (unpaired) electrons. The highest BCUT2D eigenvalue weighted by atomic mass is 16.3. The molecule has 2 aromatic rings. The van der Waals surface area contributed by atoms with E-state index in [0.29, 0.717) is 17.9 Å². The molecule has 0 saturated carbocycles. The van der Waals surface area contributed by atoms with Gasteiger partial charge in [0.2, 0.25) is 0 Å². The van der Waals surface area contributed by atoms with Crippen molar-refractivity contribution in [3.63, 3.8) is 0 Å². The van der Waals surface area contributed by atoms with Crippen LogP contribution < -0.4 is 11.1 Å². The smallest absolute Gasteiger partial charge is 0.259 e. The number of anilines is 1. The van der Waals surface area contributed by atoms with Crippen molar-refractivity contribution in [1.82, 2.24) is 0 Å². The van der Waals surface area contributed by atoms with Gasteiger partial charge in [0.15, 0.2) is 0 Å². The van der Waals surface area contributed by atoms with E-state index in [1.807, 2.05) is 38.1 Å². The number of nitrogens with two attached hydrogens (primary N) is 1. The van der Waals surface area contributed by atoms with Gasteiger partial charge in [-0.15, -0.1) is 0 Å². The molecule has 0 aliphatic carbocycles. The summed E-state index contributed by atoms with van der Waals surface area (Å²) in [7, 11) is 0. The average Bonchev–Trinajstić information content (AvgIpc) is 2.64. The summed E-state index contributed by atoms with van der Waals surface area (Å²) in [6.07, 6.45) is 0. The molecule has 0 unspecified atom stereocenters. The predicted molar refractivity (Wildman–Crippen MR) is 75.2 cm³/mol. The third-order valence-electron chi connectivity index (χ3n) is 3.24. The Morgan fingerprint density at radius 2 is 1.79 bits per heavy atom. The highest BCUT2D eigenvalue weighted by molar-refractivity contribution is 6.06. The number of rotatable bonds is 3. The van der Waals surface area contributed by atoms with E-state index in [2.05, 4.69) is 5.32 Å². The minimum absolute atomic E-state index is 0.146. The number of amides is 1. The molecule has 0 fully saturated rings. The zero-order chi connectivity index (χ0) is 14.0. The second-order valence-corrected chi connectivity index (χ2v) is 4.57. The van der Waals surface area contributed by atoms with E-state index >= 15 is 0 Å². The first kappa shape index (κ1) is 13.4. The number of aryl methyl sites for hydroxylation is 2. The molecule has 1 aromatic carbocycles. The zero-order valence-corrected chi connectivity index (χ0v) is 11.4. The Kier molecular flexibility index (Phi) is 3.71. The minimum Gasteiger partial charge on any atom is -0.466 e. The summed E-state index contributed by atoms with van der Waals surface area (Å²) < 4.78 is 5.46. The Morgan fingerprint density at radius 1 is 1.16 bits per heavy atom. The third-order valence-corrected chi connectivity index (χ3v) is 3.24. The van der Waals surface area contributed by atoms with Gasteiger partial charge >= 0.3 is 0 Å². The highest BCUT2D eigenvalue weighted by Gasteiger charge is 2.18. The van der Waals surface area contributed by atoms with E-state index in [-0.39, 0.29) is 5.91 Å². The molecular weight excluding hydrogens is 240 g/mol. The van der Waals surface area contributed by atoms with Gasteiger partial charge in [0, 0.05) is 17.8 Å². The lowest BCUT2D eigenvalue weighted by Crippen LogP contribution is -2.13. The molecule has 3 N–H and O–H groups in total. The van der Waals surface area contributed by atoms with Gasteiger partial charge in [-0.05, 0) is 38.5 Å². The number of hydrogen-bond donors (Lipinski definition) is 2. The number of benzene rings is 1. The lowest BCUT2D eigenvalue weighted by molar-refractivity contribution is 0.102. The third kappa shape index (κ3) is 2.69. The molecule has 1 heterocycles. The van der Waals surface area contributed by atoms with Gasteiger partial charge < -0.3 is 15.5 Å². The Bertz CT molecular complexity index is 597. The monoisotopic (exact) mass is 258 g/mol. The molecule has 1 aromatic heterocycles. The van der Waals surface area contributed by atoms with Crippen molar-refractivity contribution in [2.75, 3.05) is 5.32 Å². The highest BCUT2D eigenvalue weighted by Crippen LogP contribution is 2.22. The SMILES string of the molecule is Cc1oc(C)c(C(=O)Nc2ccc(CN)cc2)c1C. The van der Waals surface area contributed by atoms with Gasteiger partial charge in [0.1, 0.15) is 11.5 Å². The van der Waals surface area contributed by atoms with Crippen molar-refractivity contribution in [2.45, 2.75) is 27.3 Å². The number of carbonyl (C=O) groups excluding carboxylic acids is 1. The topological polar surface area (TPSA) is 68.3 Å². The van der Waals surface area contributed by atoms with Crippen molar-refractivity contribution in [2.24, 2.45) is 5.73 Å². The zero-order valence-electron chi connectivity index (χ0n) is 11.4. The van der Waals surface area contributed by atoms with Crippen molar-refractivity contribution in [3.05, 3.63) is 52.5 Å². The normalized spacial score (nSPS) is 10.5. The molecule has 100 valence electrons. The average molecular weight is 258 g/mol. The molecule has 4 nitrogen and oxygen atoms in total. The molecule has 1 amide bonds. The lowest BCUT2D eigenvalue weighted by Gasteiger charge is -2.06. The van der Waals surface area contributed by atoms with Crippen molar-refractivity contribution in [3.8, 4) is 0 Å². The summed E-state index contributed by atoms with van der Waals surface area (Å²) in [4.78, 5) is 12.2. The van der Waals surface area contributed by atoms with E-state index < -0.39 is 0 Å². The summed E-state index contributed by atoms with van der Waals surface area (Å²) in [5.41, 5.74) is 8.81. The van der Waals surface area contributed by atoms with Gasteiger partial charge in [-0.3, -0.25) is 4.79 Å². The maximum Gasteiger partial charge on any atom is 0.259 e. The van der Waals surface area contributed by atoms with Crippen LogP contribution in [0.2, 0.25) is 0 Å². The first-order valence-electron chi connectivity index (χ1n) is 6.20. The van der Waals surface area contributed by atoms with E-state index in [4.69, 9.17) is 10.2 Å². The molecule has 0 saturated heterocycles. The van der Waals surface area contributed by atoms with Crippen LogP contribution in [0.5, 0.6) is 0 Å². The van der Waals surface area contributed by atoms with Crippen LogP contribution in [0.25, 0.3) is 0 Å². The number of carbonyl (C=O) groups is 1. The first-order valence-corrected chi connectivity index (χ1v) is 6.20. The van der Waals surface area contributed by atoms with Crippen LogP contribution in [0.4, 0.5) is 5.69 Å². The minimum atomic E-state index is -0.146. The Morgan fingerprint density at radius 3 is 2.26 bits per heavy atom. The fraction of sp³-hybridized carbons (Fsp3) is 0.267. The Hall–Kier alpha value is -2.07. The number of nitrogens with one attached hydrogen (secondary N) is 1. The van der Waals surface area contributed by atoms with E-state index in [9.17, 15) is 4.79 Å². The van der Waals surface area contributed by atoms with Gasteiger partial charge in [-0.25, -0.2) is 0 Å². The standard InChI is InChI=1S/C15H18N2O2/c1-9-10(2)19-11(3)14(9)15(18)17-13-6-4-12(8-16)5-7-13/h4-7H,8,16H2,1-3H3,(H,17,18). The Balaban J connectivity index is 2.20. The summed E-state index contributed by atoms with van der Waals surface area (Å²) >= 11 is 0. The van der Waals surface area contributed by atoms with Gasteiger partial charge in [-0.2, -0.15) is 0 Å². The van der Waals surface area contributed by atoms with Gasteiger partial charge in [0.25, 0.3) is 5.91 Å². The van der Waals surface area contributed by atoms with Crippen molar-refractivity contribution >= 4 is 11.6 Å². The predicted octanol–water partition coefficient (Wildman–Crippen LogP) is 2.92. The van der Waals surface area contributed by atoms with Crippen LogP contribution in [-0.4, -0.2) is 5.91 Å². The number of hydrogen-bond acceptors (Lipinski definition) is 3. The van der Waals surface area contributed by atoms with E-state index in [1.54, 1.807) is 6.92 Å².